The Bertz CT molecular complexity index is 1150. The molecule has 0 aliphatic carbocycles. The monoisotopic (exact) mass is 442 g/mol. The average Bonchev–Trinajstić information content (AvgIpc) is 2.71. The Balaban J connectivity index is 1.81. The summed E-state index contributed by atoms with van der Waals surface area (Å²) in [6.45, 7) is 0.110. The Morgan fingerprint density at radius 1 is 1.13 bits per heavy atom. The molecule has 3 aromatic carbocycles. The quantitative estimate of drug-likeness (QED) is 0.184. The largest absolute Gasteiger partial charge is 0.486 e. The minimum absolute atomic E-state index is 0.0162. The molecule has 0 radical (unpaired) electrons. The van der Waals surface area contributed by atoms with Gasteiger partial charge in [0.2, 0.25) is 0 Å². The first-order chi connectivity index (χ1) is 14.4. The zero-order valence-corrected chi connectivity index (χ0v) is 16.8. The number of ether oxygens (including phenoxy) is 1. The molecular weight excluding hydrogens is 430 g/mol. The molecule has 30 heavy (non-hydrogen) atoms. The number of halogens is 3. The topological polar surface area (TPSA) is 76.2 Å². The summed E-state index contributed by atoms with van der Waals surface area (Å²) in [5.74, 6) is -0.196. The van der Waals surface area contributed by atoms with Crippen molar-refractivity contribution in [3.8, 4) is 11.8 Å². The maximum atomic E-state index is 13.4. The standard InChI is InChI=1S/C22H13Cl2FN2O3/c23-20-9-15(8-17(12-26)16-2-1-3-18(25)11-16)10-21(24)22(20)30-13-14-4-6-19(7-5-14)27(28)29/h1-11H,13H2/b17-8-. The van der Waals surface area contributed by atoms with Crippen LogP contribution in [0.3, 0.4) is 0 Å². The van der Waals surface area contributed by atoms with Crippen molar-refractivity contribution in [2.24, 2.45) is 0 Å². The molecule has 0 N–H and O–H groups in total. The predicted octanol–water partition coefficient (Wildman–Crippen LogP) is 6.68. The van der Waals surface area contributed by atoms with E-state index in [1.165, 1.54) is 30.3 Å². The van der Waals surface area contributed by atoms with Crippen molar-refractivity contribution in [3.05, 3.63) is 103 Å². The van der Waals surface area contributed by atoms with Crippen LogP contribution in [0.25, 0.3) is 11.6 Å². The number of nitrogens with zero attached hydrogens (tertiary/aromatic N) is 2. The average molecular weight is 443 g/mol. The normalized spacial score (nSPS) is 11.1. The molecule has 0 aliphatic heterocycles. The second-order valence-electron chi connectivity index (χ2n) is 6.21. The second kappa shape index (κ2) is 9.40. The zero-order chi connectivity index (χ0) is 21.7. The van der Waals surface area contributed by atoms with E-state index in [9.17, 15) is 19.8 Å². The van der Waals surface area contributed by atoms with Gasteiger partial charge in [-0.05, 0) is 59.2 Å². The van der Waals surface area contributed by atoms with Crippen molar-refractivity contribution in [1.82, 2.24) is 0 Å². The fraction of sp³-hybridized carbons (Fsp3) is 0.0455. The third-order valence-corrected chi connectivity index (χ3v) is 4.68. The number of non-ortho nitro benzene ring substituents is 1. The summed E-state index contributed by atoms with van der Waals surface area (Å²) in [5, 5.41) is 20.6. The van der Waals surface area contributed by atoms with E-state index in [2.05, 4.69) is 0 Å². The van der Waals surface area contributed by atoms with Crippen LogP contribution in [0, 0.1) is 27.3 Å². The maximum Gasteiger partial charge on any atom is 0.269 e. The number of allylic oxidation sites excluding steroid dienone is 1. The first kappa shape index (κ1) is 21.3. The van der Waals surface area contributed by atoms with Gasteiger partial charge in [0.05, 0.1) is 26.6 Å². The van der Waals surface area contributed by atoms with E-state index >= 15 is 0 Å². The fourth-order valence-electron chi connectivity index (χ4n) is 2.67. The molecule has 0 bridgehead atoms. The number of hydrogen-bond acceptors (Lipinski definition) is 4. The van der Waals surface area contributed by atoms with Gasteiger partial charge in [-0.2, -0.15) is 5.26 Å². The van der Waals surface area contributed by atoms with Gasteiger partial charge in [0.25, 0.3) is 5.69 Å². The van der Waals surface area contributed by atoms with E-state index in [-0.39, 0.29) is 33.7 Å². The molecule has 0 fully saturated rings. The highest BCUT2D eigenvalue weighted by molar-refractivity contribution is 6.37. The smallest absolute Gasteiger partial charge is 0.269 e. The van der Waals surface area contributed by atoms with Gasteiger partial charge < -0.3 is 4.74 Å². The third kappa shape index (κ3) is 5.15. The molecule has 0 saturated heterocycles. The van der Waals surface area contributed by atoms with Crippen LogP contribution in [-0.4, -0.2) is 4.92 Å². The maximum absolute atomic E-state index is 13.4. The molecule has 0 heterocycles. The van der Waals surface area contributed by atoms with Crippen molar-refractivity contribution in [2.75, 3.05) is 0 Å². The van der Waals surface area contributed by atoms with Crippen LogP contribution in [0.4, 0.5) is 10.1 Å². The molecule has 0 spiro atoms. The molecule has 150 valence electrons. The Morgan fingerprint density at radius 3 is 2.37 bits per heavy atom. The summed E-state index contributed by atoms with van der Waals surface area (Å²) in [7, 11) is 0. The molecular formula is C22H13Cl2FN2O3. The van der Waals surface area contributed by atoms with Crippen molar-refractivity contribution in [1.29, 1.82) is 5.26 Å². The first-order valence-corrected chi connectivity index (χ1v) is 9.36. The number of nitro groups is 1. The van der Waals surface area contributed by atoms with Gasteiger partial charge in [-0.1, -0.05) is 35.3 Å². The van der Waals surface area contributed by atoms with E-state index in [1.54, 1.807) is 36.4 Å². The molecule has 0 unspecified atom stereocenters. The molecule has 3 aromatic rings. The lowest BCUT2D eigenvalue weighted by atomic mass is 10.0. The van der Waals surface area contributed by atoms with Crippen molar-refractivity contribution in [3.63, 3.8) is 0 Å². The summed E-state index contributed by atoms with van der Waals surface area (Å²) >= 11 is 12.6. The van der Waals surface area contributed by atoms with Crippen LogP contribution in [0.1, 0.15) is 16.7 Å². The summed E-state index contributed by atoms with van der Waals surface area (Å²) in [4.78, 5) is 10.2. The van der Waals surface area contributed by atoms with Gasteiger partial charge in [0.15, 0.2) is 5.75 Å². The Hall–Kier alpha value is -3.40. The lowest BCUT2D eigenvalue weighted by Gasteiger charge is -2.11. The fourth-order valence-corrected chi connectivity index (χ4v) is 3.29. The predicted molar refractivity (Wildman–Crippen MR) is 114 cm³/mol. The number of rotatable bonds is 6. The summed E-state index contributed by atoms with van der Waals surface area (Å²) in [6, 6.07) is 16.8. The molecule has 3 rings (SSSR count). The number of benzene rings is 3. The highest BCUT2D eigenvalue weighted by Gasteiger charge is 2.12. The molecule has 8 heteroatoms. The molecule has 0 atom stereocenters. The van der Waals surface area contributed by atoms with Crippen molar-refractivity contribution in [2.45, 2.75) is 6.61 Å². The van der Waals surface area contributed by atoms with E-state index in [0.717, 1.165) is 0 Å². The summed E-state index contributed by atoms with van der Waals surface area (Å²) in [5.41, 5.74) is 1.92. The van der Waals surface area contributed by atoms with Gasteiger partial charge in [-0.25, -0.2) is 4.39 Å². The van der Waals surface area contributed by atoms with E-state index in [4.69, 9.17) is 27.9 Å². The Morgan fingerprint density at radius 2 is 1.80 bits per heavy atom. The highest BCUT2D eigenvalue weighted by Crippen LogP contribution is 2.36. The lowest BCUT2D eigenvalue weighted by Crippen LogP contribution is -1.97. The highest BCUT2D eigenvalue weighted by atomic mass is 35.5. The van der Waals surface area contributed by atoms with Gasteiger partial charge in [0.1, 0.15) is 12.4 Å². The van der Waals surface area contributed by atoms with Crippen LogP contribution in [-0.2, 0) is 6.61 Å². The second-order valence-corrected chi connectivity index (χ2v) is 7.02. The Labute approximate surface area is 181 Å². The molecule has 5 nitrogen and oxygen atoms in total. The molecule has 0 amide bonds. The SMILES string of the molecule is N#C/C(=C/c1cc(Cl)c(OCc2ccc([N+](=O)[O-])cc2)c(Cl)c1)c1cccc(F)c1. The van der Waals surface area contributed by atoms with Gasteiger partial charge in [0, 0.05) is 12.1 Å². The van der Waals surface area contributed by atoms with E-state index in [1.807, 2.05) is 6.07 Å². The summed E-state index contributed by atoms with van der Waals surface area (Å²) < 4.78 is 19.1. The van der Waals surface area contributed by atoms with Crippen LogP contribution >= 0.6 is 23.2 Å². The van der Waals surface area contributed by atoms with E-state index < -0.39 is 10.7 Å². The van der Waals surface area contributed by atoms with E-state index in [0.29, 0.717) is 16.7 Å². The van der Waals surface area contributed by atoms with Crippen LogP contribution < -0.4 is 4.74 Å². The lowest BCUT2D eigenvalue weighted by molar-refractivity contribution is -0.384. The summed E-state index contributed by atoms with van der Waals surface area (Å²) in [6.07, 6.45) is 1.55. The molecule has 0 saturated carbocycles. The molecule has 0 aliphatic rings. The van der Waals surface area contributed by atoms with Gasteiger partial charge >= 0.3 is 0 Å². The van der Waals surface area contributed by atoms with Crippen molar-refractivity contribution < 1.29 is 14.1 Å². The van der Waals surface area contributed by atoms with Gasteiger partial charge in [-0.15, -0.1) is 0 Å². The third-order valence-electron chi connectivity index (χ3n) is 4.12. The zero-order valence-electron chi connectivity index (χ0n) is 15.3. The minimum Gasteiger partial charge on any atom is -0.486 e. The first-order valence-electron chi connectivity index (χ1n) is 8.60. The van der Waals surface area contributed by atoms with Crippen LogP contribution in [0.2, 0.25) is 10.0 Å². The Kier molecular flexibility index (Phi) is 6.68. The number of nitriles is 1. The van der Waals surface area contributed by atoms with Crippen LogP contribution in [0.15, 0.2) is 60.7 Å². The van der Waals surface area contributed by atoms with Crippen molar-refractivity contribution >= 4 is 40.5 Å². The number of hydrogen-bond donors (Lipinski definition) is 0. The van der Waals surface area contributed by atoms with Crippen LogP contribution in [0.5, 0.6) is 5.75 Å². The number of nitro benzene ring substituents is 1. The minimum atomic E-state index is -0.482. The molecule has 0 aromatic heterocycles. The van der Waals surface area contributed by atoms with Gasteiger partial charge in [-0.3, -0.25) is 10.1 Å².